The summed E-state index contributed by atoms with van der Waals surface area (Å²) in [6, 6.07) is 11.2. The van der Waals surface area contributed by atoms with E-state index in [0.29, 0.717) is 22.4 Å². The Morgan fingerprint density at radius 1 is 1.18 bits per heavy atom. The Kier molecular flexibility index (Phi) is 6.54. The van der Waals surface area contributed by atoms with Crippen molar-refractivity contribution in [1.82, 2.24) is 4.98 Å². The predicted octanol–water partition coefficient (Wildman–Crippen LogP) is 3.12. The third-order valence-electron chi connectivity index (χ3n) is 4.54. The van der Waals surface area contributed by atoms with Gasteiger partial charge in [0.15, 0.2) is 11.7 Å². The largest absolute Gasteiger partial charge is 0.484 e. The number of rotatable bonds is 7. The number of aromatic nitrogens is 1. The molecule has 0 radical (unpaired) electrons. The van der Waals surface area contributed by atoms with Crippen LogP contribution in [0.1, 0.15) is 11.1 Å². The van der Waals surface area contributed by atoms with Crippen molar-refractivity contribution >= 4 is 44.2 Å². The fourth-order valence-corrected chi connectivity index (χ4v) is 3.91. The van der Waals surface area contributed by atoms with Crippen molar-refractivity contribution in [2.45, 2.75) is 13.8 Å². The highest BCUT2D eigenvalue weighted by Crippen LogP contribution is 2.30. The molecule has 0 atom stereocenters. The second-order valence-corrected chi connectivity index (χ2v) is 8.59. The third-order valence-corrected chi connectivity index (χ3v) is 5.83. The minimum absolute atomic E-state index is 0.0433. The topological polar surface area (TPSA) is 46.9 Å². The number of fused-ring (bicyclic) bond motifs is 1. The number of ether oxygens (including phenoxy) is 1. The molecule has 0 unspecified atom stereocenters. The highest BCUT2D eigenvalue weighted by molar-refractivity contribution is 7.22. The van der Waals surface area contributed by atoms with Crippen molar-refractivity contribution < 1.29 is 14.4 Å². The maximum atomic E-state index is 12.9. The molecule has 1 amide bonds. The Bertz CT molecular complexity index is 931. The van der Waals surface area contributed by atoms with E-state index in [1.807, 2.05) is 0 Å². The monoisotopic (exact) mass is 418 g/mol. The number of aryl methyl sites for hydroxylation is 2. The predicted molar refractivity (Wildman–Crippen MR) is 116 cm³/mol. The summed E-state index contributed by atoms with van der Waals surface area (Å²) in [6.45, 7) is 5.53. The van der Waals surface area contributed by atoms with Gasteiger partial charge < -0.3 is 9.64 Å². The van der Waals surface area contributed by atoms with Crippen molar-refractivity contribution in [3.63, 3.8) is 0 Å². The van der Waals surface area contributed by atoms with E-state index >= 15 is 0 Å². The first kappa shape index (κ1) is 20.6. The van der Waals surface area contributed by atoms with E-state index in [-0.39, 0.29) is 12.5 Å². The smallest absolute Gasteiger partial charge is 0.266 e. The normalized spacial score (nSPS) is 11.2. The van der Waals surface area contributed by atoms with Crippen LogP contribution in [0.2, 0.25) is 5.02 Å². The number of halogens is 1. The Labute approximate surface area is 174 Å². The highest BCUT2D eigenvalue weighted by Gasteiger charge is 2.21. The summed E-state index contributed by atoms with van der Waals surface area (Å²) in [5.74, 6) is 0.509. The molecule has 3 aromatic rings. The lowest BCUT2D eigenvalue weighted by Crippen LogP contribution is -3.06. The SMILES string of the molecule is Cc1cc2nc(N(CC[NH+](C)C)C(=O)COc3ccc(Cl)cc3)sc2cc1C. The number of thiazole rings is 1. The molecule has 0 spiro atoms. The minimum atomic E-state index is -0.108. The summed E-state index contributed by atoms with van der Waals surface area (Å²) in [7, 11) is 4.13. The molecule has 148 valence electrons. The number of nitrogens with zero attached hydrogens (tertiary/aromatic N) is 2. The number of amides is 1. The van der Waals surface area contributed by atoms with E-state index in [4.69, 9.17) is 21.3 Å². The number of likely N-dealkylation sites (N-methyl/N-ethyl adjacent to an activating group) is 1. The van der Waals surface area contributed by atoms with Crippen molar-refractivity contribution in [2.24, 2.45) is 0 Å². The molecule has 1 heterocycles. The number of benzene rings is 2. The molecule has 2 aromatic carbocycles. The minimum Gasteiger partial charge on any atom is -0.484 e. The maximum absolute atomic E-state index is 12.9. The Morgan fingerprint density at radius 3 is 2.54 bits per heavy atom. The molecule has 0 saturated carbocycles. The van der Waals surface area contributed by atoms with Crippen molar-refractivity contribution in [1.29, 1.82) is 0 Å². The first-order valence-electron chi connectivity index (χ1n) is 9.19. The van der Waals surface area contributed by atoms with Crippen LogP contribution in [0, 0.1) is 13.8 Å². The van der Waals surface area contributed by atoms with E-state index in [1.54, 1.807) is 40.5 Å². The highest BCUT2D eigenvalue weighted by atomic mass is 35.5. The molecule has 7 heteroatoms. The number of hydrogen-bond acceptors (Lipinski definition) is 4. The van der Waals surface area contributed by atoms with Gasteiger partial charge in [-0.15, -0.1) is 0 Å². The lowest BCUT2D eigenvalue weighted by Gasteiger charge is -2.20. The van der Waals surface area contributed by atoms with Gasteiger partial charge in [0.2, 0.25) is 0 Å². The molecular weight excluding hydrogens is 394 g/mol. The van der Waals surface area contributed by atoms with E-state index in [0.717, 1.165) is 16.8 Å². The summed E-state index contributed by atoms with van der Waals surface area (Å²) >= 11 is 7.44. The van der Waals surface area contributed by atoms with E-state index in [1.165, 1.54) is 16.0 Å². The zero-order valence-electron chi connectivity index (χ0n) is 16.6. The van der Waals surface area contributed by atoms with Crippen molar-refractivity contribution in [3.05, 3.63) is 52.5 Å². The van der Waals surface area contributed by atoms with Crippen LogP contribution in [-0.4, -0.2) is 44.7 Å². The zero-order chi connectivity index (χ0) is 20.3. The summed E-state index contributed by atoms with van der Waals surface area (Å²) in [5.41, 5.74) is 3.35. The molecule has 1 aromatic heterocycles. The van der Waals surface area contributed by atoms with E-state index in [2.05, 4.69) is 40.1 Å². The average molecular weight is 419 g/mol. The van der Waals surface area contributed by atoms with Gasteiger partial charge in [-0.05, 0) is 61.4 Å². The maximum Gasteiger partial charge on any atom is 0.266 e. The van der Waals surface area contributed by atoms with Gasteiger partial charge in [0.1, 0.15) is 5.75 Å². The summed E-state index contributed by atoms with van der Waals surface area (Å²) in [4.78, 5) is 20.7. The first-order chi connectivity index (χ1) is 13.3. The van der Waals surface area contributed by atoms with Crippen LogP contribution in [0.15, 0.2) is 36.4 Å². The van der Waals surface area contributed by atoms with Crippen LogP contribution >= 0.6 is 22.9 Å². The molecule has 3 rings (SSSR count). The van der Waals surface area contributed by atoms with Gasteiger partial charge >= 0.3 is 0 Å². The molecule has 0 aliphatic rings. The van der Waals surface area contributed by atoms with Gasteiger partial charge in [-0.1, -0.05) is 22.9 Å². The lowest BCUT2D eigenvalue weighted by molar-refractivity contribution is -0.856. The molecule has 1 N–H and O–H groups in total. The average Bonchev–Trinajstić information content (AvgIpc) is 3.03. The number of anilines is 1. The van der Waals surface area contributed by atoms with Crippen molar-refractivity contribution in [3.8, 4) is 5.75 Å². The van der Waals surface area contributed by atoms with Crippen molar-refractivity contribution in [2.75, 3.05) is 38.7 Å². The Balaban J connectivity index is 1.81. The number of hydrogen-bond donors (Lipinski definition) is 1. The fourth-order valence-electron chi connectivity index (χ4n) is 2.70. The molecule has 0 aliphatic carbocycles. The summed E-state index contributed by atoms with van der Waals surface area (Å²) < 4.78 is 6.75. The number of carbonyl (C=O) groups excluding carboxylic acids is 1. The fraction of sp³-hybridized carbons (Fsp3) is 0.333. The van der Waals surface area contributed by atoms with Crippen LogP contribution < -0.4 is 14.5 Å². The number of nitrogens with one attached hydrogen (secondary N) is 1. The zero-order valence-corrected chi connectivity index (χ0v) is 18.2. The molecule has 0 fully saturated rings. The molecule has 0 bridgehead atoms. The Hall–Kier alpha value is -2.15. The van der Waals surface area contributed by atoms with Gasteiger partial charge in [-0.25, -0.2) is 4.98 Å². The van der Waals surface area contributed by atoms with Gasteiger partial charge in [0.05, 0.1) is 37.4 Å². The molecule has 0 saturated heterocycles. The third kappa shape index (κ3) is 5.01. The van der Waals surface area contributed by atoms with Crippen LogP contribution in [0.4, 0.5) is 5.13 Å². The number of carbonyl (C=O) groups is 1. The van der Waals surface area contributed by atoms with Gasteiger partial charge in [-0.3, -0.25) is 9.69 Å². The van der Waals surface area contributed by atoms with E-state index < -0.39 is 0 Å². The van der Waals surface area contributed by atoms with Gasteiger partial charge in [0, 0.05) is 5.02 Å². The molecular formula is C21H25ClN3O2S+. The first-order valence-corrected chi connectivity index (χ1v) is 10.4. The van der Waals surface area contributed by atoms with Crippen LogP contribution in [-0.2, 0) is 4.79 Å². The number of quaternary nitrogens is 1. The van der Waals surface area contributed by atoms with Gasteiger partial charge in [0.25, 0.3) is 5.91 Å². The molecule has 28 heavy (non-hydrogen) atoms. The van der Waals surface area contributed by atoms with Gasteiger partial charge in [-0.2, -0.15) is 0 Å². The van der Waals surface area contributed by atoms with Crippen LogP contribution in [0.3, 0.4) is 0 Å². The summed E-state index contributed by atoms with van der Waals surface area (Å²) in [5, 5.41) is 1.35. The second kappa shape index (κ2) is 8.90. The molecule has 5 nitrogen and oxygen atoms in total. The standard InChI is InChI=1S/C21H24ClN3O2S/c1-14-11-18-19(12-15(14)2)28-21(23-18)25(10-9-24(3)4)20(26)13-27-17-7-5-16(22)6-8-17/h5-8,11-12H,9-10,13H2,1-4H3/p+1. The summed E-state index contributed by atoms with van der Waals surface area (Å²) in [6.07, 6.45) is 0. The van der Waals surface area contributed by atoms with Crippen LogP contribution in [0.5, 0.6) is 5.75 Å². The molecule has 0 aliphatic heterocycles. The van der Waals surface area contributed by atoms with Crippen LogP contribution in [0.25, 0.3) is 10.2 Å². The Morgan fingerprint density at radius 2 is 1.86 bits per heavy atom. The van der Waals surface area contributed by atoms with E-state index in [9.17, 15) is 4.79 Å². The quantitative estimate of drug-likeness (QED) is 0.641. The lowest BCUT2D eigenvalue weighted by atomic mass is 10.1. The second-order valence-electron chi connectivity index (χ2n) is 7.15.